The molecule has 0 heterocycles. The third-order valence-corrected chi connectivity index (χ3v) is 3.93. The minimum atomic E-state index is -0.887. The van der Waals surface area contributed by atoms with Gasteiger partial charge in [-0.05, 0) is 42.4 Å². The molecule has 2 rings (SSSR count). The second-order valence-corrected chi connectivity index (χ2v) is 5.52. The fourth-order valence-corrected chi connectivity index (χ4v) is 2.70. The van der Waals surface area contributed by atoms with Crippen LogP contribution in [0.4, 0.5) is 8.78 Å². The van der Waals surface area contributed by atoms with Crippen molar-refractivity contribution in [2.45, 2.75) is 23.3 Å². The van der Waals surface area contributed by atoms with Crippen LogP contribution in [0.3, 0.4) is 0 Å². The molecular formula is C16H14F2N2S. The van der Waals surface area contributed by atoms with Crippen LogP contribution >= 0.6 is 11.8 Å². The molecular weight excluding hydrogens is 290 g/mol. The number of nitrogens with one attached hydrogen (secondary N) is 1. The highest BCUT2D eigenvalue weighted by Crippen LogP contribution is 2.31. The predicted octanol–water partition coefficient (Wildman–Crippen LogP) is 4.10. The van der Waals surface area contributed by atoms with Crippen molar-refractivity contribution in [1.82, 2.24) is 5.32 Å². The summed E-state index contributed by atoms with van der Waals surface area (Å²) in [6, 6.07) is 11.4. The third kappa shape index (κ3) is 4.03. The highest BCUT2D eigenvalue weighted by Gasteiger charge is 2.08. The molecule has 0 bridgehead atoms. The van der Waals surface area contributed by atoms with Crippen molar-refractivity contribution in [3.63, 3.8) is 0 Å². The standard InChI is InChI=1S/C16H14F2N2S/c1-2-20-10-11-3-6-16(12(7-11)9-19)21-13-4-5-14(17)15(18)8-13/h3-8,20H,2,10H2,1H3. The van der Waals surface area contributed by atoms with Crippen molar-refractivity contribution in [1.29, 1.82) is 5.26 Å². The Labute approximate surface area is 126 Å². The van der Waals surface area contributed by atoms with E-state index in [9.17, 15) is 14.0 Å². The van der Waals surface area contributed by atoms with Crippen molar-refractivity contribution in [2.75, 3.05) is 6.54 Å². The summed E-state index contributed by atoms with van der Waals surface area (Å²) in [6.07, 6.45) is 0. The van der Waals surface area contributed by atoms with Gasteiger partial charge in [0.05, 0.1) is 5.56 Å². The van der Waals surface area contributed by atoms with Crippen molar-refractivity contribution in [3.05, 3.63) is 59.2 Å². The van der Waals surface area contributed by atoms with Crippen molar-refractivity contribution in [3.8, 4) is 6.07 Å². The van der Waals surface area contributed by atoms with E-state index in [1.54, 1.807) is 0 Å². The molecule has 0 aliphatic heterocycles. The Hall–Kier alpha value is -1.90. The lowest BCUT2D eigenvalue weighted by Gasteiger charge is -2.07. The molecule has 0 unspecified atom stereocenters. The summed E-state index contributed by atoms with van der Waals surface area (Å²) in [5.41, 5.74) is 1.54. The van der Waals surface area contributed by atoms with Crippen LogP contribution in [-0.4, -0.2) is 6.54 Å². The van der Waals surface area contributed by atoms with Crippen LogP contribution in [0.1, 0.15) is 18.1 Å². The summed E-state index contributed by atoms with van der Waals surface area (Å²) in [5.74, 6) is -1.76. The molecule has 2 nitrogen and oxygen atoms in total. The van der Waals surface area contributed by atoms with Gasteiger partial charge >= 0.3 is 0 Å². The molecule has 0 aromatic heterocycles. The van der Waals surface area contributed by atoms with Crippen LogP contribution < -0.4 is 5.32 Å². The zero-order valence-electron chi connectivity index (χ0n) is 11.5. The predicted molar refractivity (Wildman–Crippen MR) is 79.0 cm³/mol. The number of hydrogen-bond acceptors (Lipinski definition) is 3. The number of nitrogens with zero attached hydrogens (tertiary/aromatic N) is 1. The van der Waals surface area contributed by atoms with E-state index in [2.05, 4.69) is 11.4 Å². The van der Waals surface area contributed by atoms with E-state index in [0.29, 0.717) is 17.0 Å². The molecule has 21 heavy (non-hydrogen) atoms. The Morgan fingerprint density at radius 3 is 2.62 bits per heavy atom. The molecule has 0 atom stereocenters. The van der Waals surface area contributed by atoms with E-state index in [-0.39, 0.29) is 0 Å². The molecule has 0 saturated carbocycles. The van der Waals surface area contributed by atoms with E-state index in [1.807, 2.05) is 25.1 Å². The molecule has 0 aliphatic rings. The first-order chi connectivity index (χ1) is 10.1. The maximum Gasteiger partial charge on any atom is 0.159 e. The highest BCUT2D eigenvalue weighted by atomic mass is 32.2. The molecule has 0 fully saturated rings. The molecule has 2 aromatic carbocycles. The summed E-state index contributed by atoms with van der Waals surface area (Å²) >= 11 is 1.24. The minimum absolute atomic E-state index is 0.528. The lowest BCUT2D eigenvalue weighted by atomic mass is 10.1. The molecule has 0 amide bonds. The first-order valence-electron chi connectivity index (χ1n) is 6.50. The highest BCUT2D eigenvalue weighted by molar-refractivity contribution is 7.99. The SMILES string of the molecule is CCNCc1ccc(Sc2ccc(F)c(F)c2)c(C#N)c1. The second kappa shape index (κ2) is 7.21. The average Bonchev–Trinajstić information content (AvgIpc) is 2.50. The molecule has 0 spiro atoms. The number of benzene rings is 2. The Kier molecular flexibility index (Phi) is 5.32. The molecule has 2 aromatic rings. The average molecular weight is 304 g/mol. The molecule has 1 N–H and O–H groups in total. The summed E-state index contributed by atoms with van der Waals surface area (Å²) in [4.78, 5) is 1.29. The van der Waals surface area contributed by atoms with E-state index in [1.165, 1.54) is 17.8 Å². The van der Waals surface area contributed by atoms with Gasteiger partial charge in [0.2, 0.25) is 0 Å². The van der Waals surface area contributed by atoms with Gasteiger partial charge < -0.3 is 5.32 Å². The number of rotatable bonds is 5. The van der Waals surface area contributed by atoms with Gasteiger partial charge in [-0.25, -0.2) is 8.78 Å². The van der Waals surface area contributed by atoms with E-state index >= 15 is 0 Å². The Balaban J connectivity index is 2.23. The van der Waals surface area contributed by atoms with Crippen LogP contribution in [0.2, 0.25) is 0 Å². The smallest absolute Gasteiger partial charge is 0.159 e. The van der Waals surface area contributed by atoms with Crippen LogP contribution in [0.25, 0.3) is 0 Å². The maximum absolute atomic E-state index is 13.2. The van der Waals surface area contributed by atoms with Gasteiger partial charge in [-0.3, -0.25) is 0 Å². The number of halogens is 2. The zero-order valence-corrected chi connectivity index (χ0v) is 12.3. The van der Waals surface area contributed by atoms with Crippen molar-refractivity contribution >= 4 is 11.8 Å². The van der Waals surface area contributed by atoms with Gasteiger partial charge in [-0.2, -0.15) is 5.26 Å². The minimum Gasteiger partial charge on any atom is -0.313 e. The fraction of sp³-hybridized carbons (Fsp3) is 0.188. The fourth-order valence-electron chi connectivity index (χ4n) is 1.80. The van der Waals surface area contributed by atoms with Gasteiger partial charge in [-0.1, -0.05) is 24.8 Å². The molecule has 0 radical (unpaired) electrons. The van der Waals surface area contributed by atoms with Gasteiger partial charge in [0.15, 0.2) is 11.6 Å². The van der Waals surface area contributed by atoms with E-state index in [0.717, 1.165) is 29.1 Å². The van der Waals surface area contributed by atoms with Crippen LogP contribution in [-0.2, 0) is 6.54 Å². The molecule has 5 heteroatoms. The Morgan fingerprint density at radius 1 is 1.14 bits per heavy atom. The number of nitriles is 1. The molecule has 0 saturated heterocycles. The monoisotopic (exact) mass is 304 g/mol. The van der Waals surface area contributed by atoms with E-state index in [4.69, 9.17) is 0 Å². The lowest BCUT2D eigenvalue weighted by molar-refractivity contribution is 0.506. The third-order valence-electron chi connectivity index (χ3n) is 2.86. The summed E-state index contributed by atoms with van der Waals surface area (Å²) in [5, 5.41) is 12.4. The van der Waals surface area contributed by atoms with Crippen molar-refractivity contribution < 1.29 is 8.78 Å². The summed E-state index contributed by atoms with van der Waals surface area (Å²) in [6.45, 7) is 3.56. The normalized spacial score (nSPS) is 10.4. The van der Waals surface area contributed by atoms with Gasteiger partial charge in [-0.15, -0.1) is 0 Å². The van der Waals surface area contributed by atoms with Gasteiger partial charge in [0.1, 0.15) is 6.07 Å². The Bertz CT molecular complexity index is 680. The first kappa shape index (κ1) is 15.5. The maximum atomic E-state index is 13.2. The first-order valence-corrected chi connectivity index (χ1v) is 7.32. The number of hydrogen-bond donors (Lipinski definition) is 1. The van der Waals surface area contributed by atoms with Gasteiger partial charge in [0.25, 0.3) is 0 Å². The Morgan fingerprint density at radius 2 is 1.95 bits per heavy atom. The topological polar surface area (TPSA) is 35.8 Å². The summed E-state index contributed by atoms with van der Waals surface area (Å²) in [7, 11) is 0. The quantitative estimate of drug-likeness (QED) is 0.903. The second-order valence-electron chi connectivity index (χ2n) is 4.40. The van der Waals surface area contributed by atoms with Gasteiger partial charge in [0, 0.05) is 16.3 Å². The zero-order chi connectivity index (χ0) is 15.2. The largest absolute Gasteiger partial charge is 0.313 e. The molecule has 0 aliphatic carbocycles. The lowest BCUT2D eigenvalue weighted by Crippen LogP contribution is -2.11. The van der Waals surface area contributed by atoms with Crippen LogP contribution in [0.15, 0.2) is 46.2 Å². The van der Waals surface area contributed by atoms with E-state index < -0.39 is 11.6 Å². The molecule has 108 valence electrons. The van der Waals surface area contributed by atoms with Crippen LogP contribution in [0, 0.1) is 23.0 Å². The van der Waals surface area contributed by atoms with Crippen LogP contribution in [0.5, 0.6) is 0 Å². The summed E-state index contributed by atoms with van der Waals surface area (Å²) < 4.78 is 26.1. The van der Waals surface area contributed by atoms with Crippen molar-refractivity contribution in [2.24, 2.45) is 0 Å².